The van der Waals surface area contributed by atoms with Crippen LogP contribution in [-0.2, 0) is 11.3 Å². The molecule has 0 fully saturated rings. The Bertz CT molecular complexity index is 711. The molecule has 1 heterocycles. The Balaban J connectivity index is 1.91. The van der Waals surface area contributed by atoms with Crippen molar-refractivity contribution in [2.24, 2.45) is 11.3 Å². The van der Waals surface area contributed by atoms with Crippen molar-refractivity contribution in [1.29, 1.82) is 0 Å². The number of carbonyl (C=O) groups is 1. The highest BCUT2D eigenvalue weighted by molar-refractivity contribution is 5.76. The molecule has 0 saturated carbocycles. The summed E-state index contributed by atoms with van der Waals surface area (Å²) in [6, 6.07) is 8.09. The van der Waals surface area contributed by atoms with E-state index < -0.39 is 5.82 Å². The number of carbonyl (C=O) groups excluding carboxylic acids is 1. The Morgan fingerprint density at radius 1 is 1.32 bits per heavy atom. The lowest BCUT2D eigenvalue weighted by Gasteiger charge is -2.26. The van der Waals surface area contributed by atoms with Crippen LogP contribution in [-0.4, -0.2) is 10.9 Å². The maximum Gasteiger partial charge on any atom is 0.220 e. The fraction of sp³-hybridized carbons (Fsp3) is 0.400. The fourth-order valence-electron chi connectivity index (χ4n) is 2.13. The van der Waals surface area contributed by atoms with Crippen LogP contribution in [0.25, 0.3) is 0 Å². The summed E-state index contributed by atoms with van der Waals surface area (Å²) >= 11 is 0. The summed E-state index contributed by atoms with van der Waals surface area (Å²) in [5.74, 6) is 0.361. The lowest BCUT2D eigenvalue weighted by atomic mass is 9.80. The van der Waals surface area contributed by atoms with Gasteiger partial charge in [0.1, 0.15) is 5.75 Å². The van der Waals surface area contributed by atoms with E-state index >= 15 is 0 Å². The molecule has 25 heavy (non-hydrogen) atoms. The van der Waals surface area contributed by atoms with E-state index in [1.165, 1.54) is 12.3 Å². The first-order chi connectivity index (χ1) is 11.8. The van der Waals surface area contributed by atoms with Crippen molar-refractivity contribution >= 4 is 5.91 Å². The first-order valence-electron chi connectivity index (χ1n) is 8.38. The zero-order chi connectivity index (χ0) is 18.4. The van der Waals surface area contributed by atoms with Crippen molar-refractivity contribution in [3.05, 3.63) is 54.1 Å². The number of halogens is 1. The van der Waals surface area contributed by atoms with Crippen LogP contribution < -0.4 is 10.1 Å². The average Bonchev–Trinajstić information content (AvgIpc) is 2.55. The molecule has 0 bridgehead atoms. The molecular weight excluding hydrogens is 319 g/mol. The highest BCUT2D eigenvalue weighted by Crippen LogP contribution is 2.28. The Kier molecular flexibility index (Phi) is 6.12. The summed E-state index contributed by atoms with van der Waals surface area (Å²) in [6.45, 7) is 8.69. The van der Waals surface area contributed by atoms with Gasteiger partial charge in [-0.15, -0.1) is 0 Å². The summed E-state index contributed by atoms with van der Waals surface area (Å²) in [5.41, 5.74) is 0.766. The van der Waals surface area contributed by atoms with Gasteiger partial charge in [-0.3, -0.25) is 9.78 Å². The maximum atomic E-state index is 14.2. The van der Waals surface area contributed by atoms with E-state index in [1.54, 1.807) is 30.5 Å². The van der Waals surface area contributed by atoms with E-state index in [9.17, 15) is 9.18 Å². The molecule has 1 aromatic heterocycles. The molecule has 1 unspecified atom stereocenters. The smallest absolute Gasteiger partial charge is 0.220 e. The van der Waals surface area contributed by atoms with Crippen LogP contribution in [0, 0.1) is 17.2 Å². The molecule has 5 heteroatoms. The van der Waals surface area contributed by atoms with Crippen LogP contribution >= 0.6 is 0 Å². The van der Waals surface area contributed by atoms with Gasteiger partial charge in [-0.1, -0.05) is 33.8 Å². The predicted octanol–water partition coefficient (Wildman–Crippen LogP) is 4.70. The minimum atomic E-state index is -0.473. The highest BCUT2D eigenvalue weighted by Gasteiger charge is 2.22. The number of nitrogens with zero attached hydrogens (tertiary/aromatic N) is 1. The molecule has 2 aromatic rings. The minimum Gasteiger partial charge on any atom is -0.453 e. The molecule has 1 atom stereocenters. The number of pyridine rings is 1. The minimum absolute atomic E-state index is 0.0291. The van der Waals surface area contributed by atoms with Gasteiger partial charge in [-0.05, 0) is 41.2 Å². The Morgan fingerprint density at radius 2 is 2.08 bits per heavy atom. The van der Waals surface area contributed by atoms with E-state index in [1.807, 2.05) is 0 Å². The van der Waals surface area contributed by atoms with Crippen molar-refractivity contribution in [3.63, 3.8) is 0 Å². The van der Waals surface area contributed by atoms with Crippen LogP contribution in [0.4, 0.5) is 4.39 Å². The topological polar surface area (TPSA) is 51.2 Å². The quantitative estimate of drug-likeness (QED) is 0.826. The van der Waals surface area contributed by atoms with Gasteiger partial charge in [0.2, 0.25) is 5.91 Å². The molecule has 0 aliphatic carbocycles. The number of rotatable bonds is 6. The second kappa shape index (κ2) is 8.10. The van der Waals surface area contributed by atoms with Gasteiger partial charge in [-0.2, -0.15) is 0 Å². The third-order valence-corrected chi connectivity index (χ3v) is 4.32. The van der Waals surface area contributed by atoms with Crippen LogP contribution in [0.2, 0.25) is 0 Å². The molecule has 0 aliphatic heterocycles. The number of benzene rings is 1. The van der Waals surface area contributed by atoms with Crippen LogP contribution in [0.5, 0.6) is 11.5 Å². The van der Waals surface area contributed by atoms with Crippen molar-refractivity contribution < 1.29 is 13.9 Å². The van der Waals surface area contributed by atoms with Gasteiger partial charge < -0.3 is 10.1 Å². The molecule has 4 nitrogen and oxygen atoms in total. The second-order valence-corrected chi connectivity index (χ2v) is 7.30. The molecule has 0 spiro atoms. The van der Waals surface area contributed by atoms with Gasteiger partial charge in [0.15, 0.2) is 11.6 Å². The Hall–Kier alpha value is -2.43. The molecular formula is C20H25FN2O2. The van der Waals surface area contributed by atoms with Crippen LogP contribution in [0.1, 0.15) is 39.7 Å². The van der Waals surface area contributed by atoms with Gasteiger partial charge in [0.25, 0.3) is 0 Å². The Labute approximate surface area is 148 Å². The lowest BCUT2D eigenvalue weighted by Crippen LogP contribution is -2.28. The van der Waals surface area contributed by atoms with E-state index in [4.69, 9.17) is 4.74 Å². The average molecular weight is 344 g/mol. The SMILES string of the molecule is CC(CC(=O)NCc1ccc(Oc2cccnc2)c(F)c1)C(C)(C)C. The fourth-order valence-corrected chi connectivity index (χ4v) is 2.13. The number of nitrogens with one attached hydrogen (secondary N) is 1. The number of amides is 1. The van der Waals surface area contributed by atoms with Crippen LogP contribution in [0.15, 0.2) is 42.7 Å². The summed E-state index contributed by atoms with van der Waals surface area (Å²) < 4.78 is 19.6. The van der Waals surface area contributed by atoms with Gasteiger partial charge in [-0.25, -0.2) is 4.39 Å². The number of aromatic nitrogens is 1. The van der Waals surface area contributed by atoms with Gasteiger partial charge >= 0.3 is 0 Å². The zero-order valence-electron chi connectivity index (χ0n) is 15.2. The van der Waals surface area contributed by atoms with Crippen molar-refractivity contribution in [2.75, 3.05) is 0 Å². The summed E-state index contributed by atoms with van der Waals surface area (Å²) in [7, 11) is 0. The monoisotopic (exact) mass is 344 g/mol. The van der Waals surface area contributed by atoms with Gasteiger partial charge in [0.05, 0.1) is 6.20 Å². The zero-order valence-corrected chi connectivity index (χ0v) is 15.2. The van der Waals surface area contributed by atoms with Crippen molar-refractivity contribution in [2.45, 2.75) is 40.7 Å². The third-order valence-electron chi connectivity index (χ3n) is 4.32. The Morgan fingerprint density at radius 3 is 2.68 bits per heavy atom. The first kappa shape index (κ1) is 18.9. The standard InChI is InChI=1S/C20H25FN2O2/c1-14(20(2,3)4)10-19(24)23-12-15-7-8-18(17(21)11-15)25-16-6-5-9-22-13-16/h5-9,11,13-14H,10,12H2,1-4H3,(H,23,24). The normalized spacial score (nSPS) is 12.5. The number of hydrogen-bond donors (Lipinski definition) is 1. The van der Waals surface area contributed by atoms with Crippen molar-refractivity contribution in [1.82, 2.24) is 10.3 Å². The molecule has 1 N–H and O–H groups in total. The molecule has 0 aliphatic rings. The molecule has 134 valence electrons. The summed E-state index contributed by atoms with van der Waals surface area (Å²) in [5, 5.41) is 2.84. The molecule has 1 aromatic carbocycles. The summed E-state index contributed by atoms with van der Waals surface area (Å²) in [6.07, 6.45) is 3.59. The molecule has 0 saturated heterocycles. The molecule has 0 radical (unpaired) electrons. The lowest BCUT2D eigenvalue weighted by molar-refractivity contribution is -0.122. The third kappa shape index (κ3) is 5.85. The second-order valence-electron chi connectivity index (χ2n) is 7.30. The van der Waals surface area contributed by atoms with E-state index in [-0.39, 0.29) is 23.0 Å². The van der Waals surface area contributed by atoms with Crippen molar-refractivity contribution in [3.8, 4) is 11.5 Å². The molecule has 1 amide bonds. The van der Waals surface area contributed by atoms with E-state index in [0.717, 1.165) is 0 Å². The van der Waals surface area contributed by atoms with E-state index in [2.05, 4.69) is 38.0 Å². The molecule has 2 rings (SSSR count). The predicted molar refractivity (Wildman–Crippen MR) is 95.8 cm³/mol. The van der Waals surface area contributed by atoms with Crippen LogP contribution in [0.3, 0.4) is 0 Å². The van der Waals surface area contributed by atoms with Gasteiger partial charge in [0, 0.05) is 19.2 Å². The maximum absolute atomic E-state index is 14.2. The van der Waals surface area contributed by atoms with E-state index in [0.29, 0.717) is 24.3 Å². The number of hydrogen-bond acceptors (Lipinski definition) is 3. The first-order valence-corrected chi connectivity index (χ1v) is 8.38. The number of ether oxygens (including phenoxy) is 1. The highest BCUT2D eigenvalue weighted by atomic mass is 19.1. The summed E-state index contributed by atoms with van der Waals surface area (Å²) in [4.78, 5) is 16.0. The largest absolute Gasteiger partial charge is 0.453 e.